The van der Waals surface area contributed by atoms with Gasteiger partial charge in [-0.15, -0.1) is 0 Å². The summed E-state index contributed by atoms with van der Waals surface area (Å²) < 4.78 is 0. The van der Waals surface area contributed by atoms with Gasteiger partial charge in [-0.2, -0.15) is 0 Å². The van der Waals surface area contributed by atoms with Crippen LogP contribution in [-0.2, 0) is 28.8 Å². The third kappa shape index (κ3) is 7.15. The molecule has 6 rings (SSSR count). The van der Waals surface area contributed by atoms with Crippen LogP contribution in [0, 0.1) is 0 Å². The van der Waals surface area contributed by atoms with E-state index < -0.39 is 57.9 Å². The Balaban J connectivity index is 0.000000195. The van der Waals surface area contributed by atoms with Crippen LogP contribution < -0.4 is 31.5 Å². The molecule has 12 heteroatoms. The number of carbonyl (C=O) groups is 6. The van der Waals surface area contributed by atoms with Crippen molar-refractivity contribution in [3.8, 4) is 0 Å². The third-order valence-corrected chi connectivity index (χ3v) is 6.89. The second-order valence-corrected chi connectivity index (χ2v) is 10.1. The highest BCUT2D eigenvalue weighted by molar-refractivity contribution is 6.65. The summed E-state index contributed by atoms with van der Waals surface area (Å²) in [5.41, 5.74) is 6.78. The van der Waals surface area contributed by atoms with Gasteiger partial charge in [-0.3, -0.25) is 28.8 Å². The maximum Gasteiger partial charge on any atom is 0.306 e. The molecule has 4 aromatic carbocycles. The molecule has 2 aliphatic rings. The Hall–Kier alpha value is -6.50. The van der Waals surface area contributed by atoms with E-state index in [-0.39, 0.29) is 22.5 Å². The molecule has 4 aromatic rings. The lowest BCUT2D eigenvalue weighted by Gasteiger charge is -2.15. The minimum Gasteiger partial charge on any atom is -0.871 e. The SMILES string of the molecule is O=C1C(=O)N(c2ccccc2)C(=O)/C1=C(\[O-])c1ccccc1.O=C1C(=O)N(c2ccccc2)C(=O)/C1=C(\[O-])c1ccccc1.[NH3+]CC[NH3+]. The lowest BCUT2D eigenvalue weighted by molar-refractivity contribution is -0.453. The number of ketones is 2. The Morgan fingerprint density at radius 3 is 0.979 bits per heavy atom. The van der Waals surface area contributed by atoms with Crippen LogP contribution in [0.1, 0.15) is 11.1 Å². The highest BCUT2D eigenvalue weighted by atomic mass is 16.3. The Bertz CT molecular complexity index is 1770. The van der Waals surface area contributed by atoms with Crippen molar-refractivity contribution in [1.82, 2.24) is 0 Å². The molecular weight excluding hydrogens is 616 g/mol. The van der Waals surface area contributed by atoms with Gasteiger partial charge in [-0.05, 0) is 35.4 Å². The van der Waals surface area contributed by atoms with Crippen molar-refractivity contribution >= 4 is 58.1 Å². The first kappa shape index (κ1) is 34.4. The summed E-state index contributed by atoms with van der Waals surface area (Å²) in [4.78, 5) is 74.4. The zero-order valence-electron chi connectivity index (χ0n) is 25.5. The summed E-state index contributed by atoms with van der Waals surface area (Å²) in [6.07, 6.45) is 0. The fourth-order valence-electron chi connectivity index (χ4n) is 4.51. The molecule has 242 valence electrons. The van der Waals surface area contributed by atoms with Gasteiger partial charge >= 0.3 is 11.8 Å². The molecule has 0 spiro atoms. The molecule has 48 heavy (non-hydrogen) atoms. The fourth-order valence-corrected chi connectivity index (χ4v) is 4.51. The molecule has 0 unspecified atom stereocenters. The number of benzene rings is 4. The lowest BCUT2D eigenvalue weighted by Crippen LogP contribution is -2.64. The molecular formula is C36H30N4O8. The van der Waals surface area contributed by atoms with E-state index in [0.717, 1.165) is 22.9 Å². The Morgan fingerprint density at radius 2 is 0.708 bits per heavy atom. The molecule has 2 saturated heterocycles. The molecule has 12 nitrogen and oxygen atoms in total. The molecule has 0 aliphatic carbocycles. The van der Waals surface area contributed by atoms with Gasteiger partial charge in [0, 0.05) is 0 Å². The summed E-state index contributed by atoms with van der Waals surface area (Å²) >= 11 is 0. The molecule has 4 amide bonds. The van der Waals surface area contributed by atoms with Gasteiger partial charge in [0.05, 0.1) is 22.5 Å². The van der Waals surface area contributed by atoms with Crippen LogP contribution in [0.5, 0.6) is 0 Å². The summed E-state index contributed by atoms with van der Waals surface area (Å²) in [5, 5.41) is 24.7. The lowest BCUT2D eigenvalue weighted by atomic mass is 10.1. The molecule has 2 fully saturated rings. The van der Waals surface area contributed by atoms with Gasteiger partial charge in [0.25, 0.3) is 23.4 Å². The summed E-state index contributed by atoms with van der Waals surface area (Å²) in [5.74, 6) is -7.37. The topological polar surface area (TPSA) is 210 Å². The smallest absolute Gasteiger partial charge is 0.306 e. The van der Waals surface area contributed by atoms with Crippen LogP contribution in [-0.4, -0.2) is 48.3 Å². The summed E-state index contributed by atoms with van der Waals surface area (Å²) in [7, 11) is 0. The largest absolute Gasteiger partial charge is 0.871 e. The van der Waals surface area contributed by atoms with Crippen LogP contribution in [0.2, 0.25) is 0 Å². The number of Topliss-reactive ketones (excluding diaryl/α,β-unsaturated/α-hetero) is 2. The number of hydrogen-bond donors (Lipinski definition) is 2. The number of imide groups is 2. The van der Waals surface area contributed by atoms with Crippen molar-refractivity contribution in [3.63, 3.8) is 0 Å². The van der Waals surface area contributed by atoms with E-state index in [2.05, 4.69) is 11.5 Å². The average molecular weight is 647 g/mol. The van der Waals surface area contributed by atoms with Gasteiger partial charge in [0.1, 0.15) is 13.1 Å². The highest BCUT2D eigenvalue weighted by Gasteiger charge is 2.44. The monoisotopic (exact) mass is 646 g/mol. The van der Waals surface area contributed by atoms with Crippen molar-refractivity contribution in [2.75, 3.05) is 22.9 Å². The van der Waals surface area contributed by atoms with Crippen molar-refractivity contribution in [1.29, 1.82) is 0 Å². The summed E-state index contributed by atoms with van der Waals surface area (Å²) in [6, 6.07) is 32.0. The number of carbonyl (C=O) groups excluding carboxylic acids is 6. The van der Waals surface area contributed by atoms with E-state index in [1.165, 1.54) is 48.5 Å². The first-order valence-corrected chi connectivity index (χ1v) is 14.6. The number of nitrogens with zero attached hydrogens (tertiary/aromatic N) is 2. The normalized spacial score (nSPS) is 16.3. The molecule has 2 heterocycles. The van der Waals surface area contributed by atoms with Gasteiger partial charge in [-0.25, -0.2) is 9.80 Å². The standard InChI is InChI=1S/2C17H11NO4.C2H8N2/c2*19-14(11-7-3-1-4-8-11)13-15(20)17(22)18(16(13)21)12-9-5-2-6-10-12;3-1-2-4/h2*1-10,19H;1-4H2/b2*14-13-;. The Labute approximate surface area is 274 Å². The van der Waals surface area contributed by atoms with Gasteiger partial charge in [0.2, 0.25) is 0 Å². The fraction of sp³-hybridized carbons (Fsp3) is 0.0556. The van der Waals surface area contributed by atoms with E-state index >= 15 is 0 Å². The van der Waals surface area contributed by atoms with Crippen LogP contribution in [0.4, 0.5) is 11.4 Å². The maximum atomic E-state index is 12.4. The first-order chi connectivity index (χ1) is 23.1. The van der Waals surface area contributed by atoms with Gasteiger partial charge in [0.15, 0.2) is 0 Å². The number of quaternary nitrogens is 2. The maximum absolute atomic E-state index is 12.4. The van der Waals surface area contributed by atoms with Crippen molar-refractivity contribution < 1.29 is 50.4 Å². The second kappa shape index (κ2) is 15.7. The van der Waals surface area contributed by atoms with Crippen LogP contribution in [0.3, 0.4) is 0 Å². The number of hydrogen-bond acceptors (Lipinski definition) is 8. The predicted molar refractivity (Wildman–Crippen MR) is 170 cm³/mol. The number of anilines is 2. The Morgan fingerprint density at radius 1 is 0.438 bits per heavy atom. The van der Waals surface area contributed by atoms with Crippen molar-refractivity contribution in [3.05, 3.63) is 144 Å². The zero-order chi connectivity index (χ0) is 34.8. The molecule has 0 saturated carbocycles. The third-order valence-electron chi connectivity index (χ3n) is 6.89. The van der Waals surface area contributed by atoms with Gasteiger partial charge in [-0.1, -0.05) is 109 Å². The molecule has 0 aromatic heterocycles. The molecule has 0 radical (unpaired) electrons. The Kier molecular flexibility index (Phi) is 11.2. The first-order valence-electron chi connectivity index (χ1n) is 14.6. The summed E-state index contributed by atoms with van der Waals surface area (Å²) in [6.45, 7) is 1.92. The quantitative estimate of drug-likeness (QED) is 0.0926. The predicted octanol–water partition coefficient (Wildman–Crippen LogP) is -0.729. The second-order valence-electron chi connectivity index (χ2n) is 10.1. The van der Waals surface area contributed by atoms with Gasteiger partial charge < -0.3 is 21.7 Å². The minimum atomic E-state index is -1.07. The van der Waals surface area contributed by atoms with E-state index in [0.29, 0.717) is 0 Å². The van der Waals surface area contributed by atoms with Crippen LogP contribution >= 0.6 is 0 Å². The van der Waals surface area contributed by atoms with E-state index in [4.69, 9.17) is 0 Å². The zero-order valence-corrected chi connectivity index (χ0v) is 25.5. The highest BCUT2D eigenvalue weighted by Crippen LogP contribution is 2.28. The molecule has 0 atom stereocenters. The minimum absolute atomic E-state index is 0.196. The number of para-hydroxylation sites is 2. The number of rotatable bonds is 5. The molecule has 6 N–H and O–H groups in total. The molecule has 2 aliphatic heterocycles. The van der Waals surface area contributed by atoms with Crippen molar-refractivity contribution in [2.24, 2.45) is 0 Å². The van der Waals surface area contributed by atoms with E-state index in [1.807, 2.05) is 0 Å². The van der Waals surface area contributed by atoms with Crippen molar-refractivity contribution in [2.45, 2.75) is 0 Å². The van der Waals surface area contributed by atoms with Crippen LogP contribution in [0.15, 0.2) is 132 Å². The van der Waals surface area contributed by atoms with E-state index in [1.54, 1.807) is 72.8 Å². The van der Waals surface area contributed by atoms with E-state index in [9.17, 15) is 39.0 Å². The number of amides is 4. The average Bonchev–Trinajstić information content (AvgIpc) is 3.50. The molecule has 0 bridgehead atoms. The van der Waals surface area contributed by atoms with Crippen LogP contribution in [0.25, 0.3) is 11.5 Å².